The Bertz CT molecular complexity index is 920. The number of benzene rings is 1. The predicted molar refractivity (Wildman–Crippen MR) is 116 cm³/mol. The van der Waals surface area contributed by atoms with Gasteiger partial charge in [-0.2, -0.15) is 11.3 Å². The van der Waals surface area contributed by atoms with E-state index in [0.717, 1.165) is 40.9 Å². The maximum atomic E-state index is 6.46. The number of aromatic nitrogens is 1. The summed E-state index contributed by atoms with van der Waals surface area (Å²) < 4.78 is 0. The van der Waals surface area contributed by atoms with E-state index in [4.69, 9.17) is 10.7 Å². The summed E-state index contributed by atoms with van der Waals surface area (Å²) in [6.45, 7) is 5.13. The number of nitrogens with one attached hydrogen (secondary N) is 2. The van der Waals surface area contributed by atoms with Crippen molar-refractivity contribution in [3.05, 3.63) is 51.7 Å². The van der Waals surface area contributed by atoms with E-state index in [1.165, 1.54) is 30.4 Å². The lowest BCUT2D eigenvalue weighted by Gasteiger charge is -2.31. The summed E-state index contributed by atoms with van der Waals surface area (Å²) >= 11 is 1.76. The van der Waals surface area contributed by atoms with Gasteiger partial charge in [0, 0.05) is 35.3 Å². The molecule has 0 amide bonds. The molecule has 4 rings (SSSR count). The molecule has 0 saturated heterocycles. The van der Waals surface area contributed by atoms with Gasteiger partial charge in [-0.25, -0.2) is 4.98 Å². The Morgan fingerprint density at radius 1 is 1.19 bits per heavy atom. The van der Waals surface area contributed by atoms with Crippen LogP contribution in [0.4, 0.5) is 11.5 Å². The number of pyridine rings is 1. The molecule has 4 nitrogen and oxygen atoms in total. The number of rotatable bonds is 5. The van der Waals surface area contributed by atoms with Crippen LogP contribution >= 0.6 is 11.3 Å². The second-order valence-corrected chi connectivity index (χ2v) is 8.47. The first-order valence-corrected chi connectivity index (χ1v) is 10.7. The van der Waals surface area contributed by atoms with Crippen LogP contribution < -0.4 is 16.4 Å². The Morgan fingerprint density at radius 3 is 2.85 bits per heavy atom. The Labute approximate surface area is 165 Å². The smallest absolute Gasteiger partial charge is 0.131 e. The maximum Gasteiger partial charge on any atom is 0.131 e. The van der Waals surface area contributed by atoms with Gasteiger partial charge in [0.1, 0.15) is 5.82 Å². The van der Waals surface area contributed by atoms with Gasteiger partial charge >= 0.3 is 0 Å². The van der Waals surface area contributed by atoms with E-state index in [1.807, 2.05) is 6.07 Å². The van der Waals surface area contributed by atoms with E-state index in [1.54, 1.807) is 11.3 Å². The highest BCUT2D eigenvalue weighted by Gasteiger charge is 2.23. The number of nitrogens with zero attached hydrogens (tertiary/aromatic N) is 1. The zero-order valence-corrected chi connectivity index (χ0v) is 16.9. The molecule has 0 bridgehead atoms. The van der Waals surface area contributed by atoms with Gasteiger partial charge in [-0.15, -0.1) is 0 Å². The maximum absolute atomic E-state index is 6.46. The van der Waals surface area contributed by atoms with Gasteiger partial charge in [0.25, 0.3) is 0 Å². The van der Waals surface area contributed by atoms with Crippen LogP contribution in [-0.4, -0.2) is 17.1 Å². The lowest BCUT2D eigenvalue weighted by molar-refractivity contribution is 0.350. The standard InChI is InChI=1S/C22H28N4S/c1-14-5-3-8-19-20(14)21(23)15(2)22(26-19)25-18-7-4-6-17(11-18)24-12-16-9-10-27-13-16/h3,5,8-10,13,17-18,24H,4,6-7,11-12H2,1-2H3,(H3,23,25,26). The molecule has 2 aromatic heterocycles. The average Bonchev–Trinajstić information content (AvgIpc) is 3.18. The topological polar surface area (TPSA) is 63.0 Å². The molecule has 5 heteroatoms. The largest absolute Gasteiger partial charge is 0.398 e. The van der Waals surface area contributed by atoms with E-state index in [-0.39, 0.29) is 0 Å². The quantitative estimate of drug-likeness (QED) is 0.582. The molecule has 1 aliphatic rings. The zero-order chi connectivity index (χ0) is 18.8. The molecule has 142 valence electrons. The first-order valence-electron chi connectivity index (χ1n) is 9.78. The lowest BCUT2D eigenvalue weighted by Crippen LogP contribution is -2.38. The molecular weight excluding hydrogens is 352 g/mol. The van der Waals surface area contributed by atoms with Crippen molar-refractivity contribution in [2.75, 3.05) is 11.1 Å². The SMILES string of the molecule is Cc1c(NC2CCCC(NCc3ccsc3)C2)nc2cccc(C)c2c1N. The van der Waals surface area contributed by atoms with Crippen LogP contribution in [-0.2, 0) is 6.54 Å². The van der Waals surface area contributed by atoms with Crippen molar-refractivity contribution >= 4 is 33.7 Å². The Hall–Kier alpha value is -2.11. The fourth-order valence-electron chi connectivity index (χ4n) is 4.11. The third-order valence-corrected chi connectivity index (χ3v) is 6.43. The summed E-state index contributed by atoms with van der Waals surface area (Å²) in [6.07, 6.45) is 4.79. The minimum absolute atomic E-state index is 0.437. The van der Waals surface area contributed by atoms with Gasteiger partial charge in [0.05, 0.1) is 5.52 Å². The summed E-state index contributed by atoms with van der Waals surface area (Å²) in [5.74, 6) is 0.939. The van der Waals surface area contributed by atoms with Crippen molar-refractivity contribution in [2.45, 2.75) is 58.2 Å². The molecule has 0 aliphatic heterocycles. The number of hydrogen-bond donors (Lipinski definition) is 3. The number of thiophene rings is 1. The van der Waals surface area contributed by atoms with Crippen LogP contribution in [0.25, 0.3) is 10.9 Å². The molecule has 1 saturated carbocycles. The fraction of sp³-hybridized carbons (Fsp3) is 0.409. The zero-order valence-electron chi connectivity index (χ0n) is 16.1. The van der Waals surface area contributed by atoms with Crippen LogP contribution in [0.15, 0.2) is 35.0 Å². The average molecular weight is 381 g/mol. The third-order valence-electron chi connectivity index (χ3n) is 5.70. The first-order chi connectivity index (χ1) is 13.1. The summed E-state index contributed by atoms with van der Waals surface area (Å²) in [5, 5.41) is 12.9. The fourth-order valence-corrected chi connectivity index (χ4v) is 4.78. The molecule has 0 radical (unpaired) electrons. The van der Waals surface area contributed by atoms with E-state index >= 15 is 0 Å². The molecule has 3 aromatic rings. The summed E-state index contributed by atoms with van der Waals surface area (Å²) in [4.78, 5) is 4.89. The summed E-state index contributed by atoms with van der Waals surface area (Å²) in [5.41, 5.74) is 11.9. The minimum atomic E-state index is 0.437. The molecule has 4 N–H and O–H groups in total. The summed E-state index contributed by atoms with van der Waals surface area (Å²) in [7, 11) is 0. The predicted octanol–water partition coefficient (Wildman–Crippen LogP) is 5.01. The van der Waals surface area contributed by atoms with Crippen LogP contribution in [0, 0.1) is 13.8 Å². The normalized spacial score (nSPS) is 20.1. The van der Waals surface area contributed by atoms with Crippen LogP contribution in [0.1, 0.15) is 42.4 Å². The minimum Gasteiger partial charge on any atom is -0.398 e. The van der Waals surface area contributed by atoms with E-state index in [9.17, 15) is 0 Å². The van der Waals surface area contributed by atoms with Crippen molar-refractivity contribution in [1.29, 1.82) is 0 Å². The molecule has 2 unspecified atom stereocenters. The van der Waals surface area contributed by atoms with Gasteiger partial charge in [0.15, 0.2) is 0 Å². The second-order valence-electron chi connectivity index (χ2n) is 7.69. The van der Waals surface area contributed by atoms with Crippen molar-refractivity contribution in [2.24, 2.45) is 0 Å². The summed E-state index contributed by atoms with van der Waals surface area (Å²) in [6, 6.07) is 9.38. The molecule has 1 aliphatic carbocycles. The van der Waals surface area contributed by atoms with Crippen molar-refractivity contribution in [3.8, 4) is 0 Å². The number of anilines is 2. The molecule has 27 heavy (non-hydrogen) atoms. The van der Waals surface area contributed by atoms with Gasteiger partial charge in [0.2, 0.25) is 0 Å². The molecule has 2 atom stereocenters. The molecule has 0 spiro atoms. The van der Waals surface area contributed by atoms with Crippen LogP contribution in [0.2, 0.25) is 0 Å². The second kappa shape index (κ2) is 7.87. The van der Waals surface area contributed by atoms with Crippen LogP contribution in [0.5, 0.6) is 0 Å². The molecule has 2 heterocycles. The number of fused-ring (bicyclic) bond motifs is 1. The third kappa shape index (κ3) is 3.94. The lowest BCUT2D eigenvalue weighted by atomic mass is 9.90. The number of nitrogen functional groups attached to an aromatic ring is 1. The van der Waals surface area contributed by atoms with Crippen LogP contribution in [0.3, 0.4) is 0 Å². The van der Waals surface area contributed by atoms with E-state index < -0.39 is 0 Å². The highest BCUT2D eigenvalue weighted by atomic mass is 32.1. The van der Waals surface area contributed by atoms with E-state index in [2.05, 4.69) is 53.4 Å². The van der Waals surface area contributed by atoms with E-state index in [0.29, 0.717) is 12.1 Å². The Morgan fingerprint density at radius 2 is 2.04 bits per heavy atom. The number of nitrogens with two attached hydrogens (primary N) is 1. The molecular formula is C22H28N4S. The highest BCUT2D eigenvalue weighted by Crippen LogP contribution is 2.32. The van der Waals surface area contributed by atoms with Gasteiger partial charge in [-0.3, -0.25) is 0 Å². The monoisotopic (exact) mass is 380 g/mol. The van der Waals surface area contributed by atoms with Crippen molar-refractivity contribution in [1.82, 2.24) is 10.3 Å². The molecule has 1 aromatic carbocycles. The van der Waals surface area contributed by atoms with Gasteiger partial charge in [-0.1, -0.05) is 12.1 Å². The highest BCUT2D eigenvalue weighted by molar-refractivity contribution is 7.07. The Kier molecular flexibility index (Phi) is 5.32. The molecule has 1 fully saturated rings. The van der Waals surface area contributed by atoms with Crippen molar-refractivity contribution < 1.29 is 0 Å². The van der Waals surface area contributed by atoms with Crippen molar-refractivity contribution in [3.63, 3.8) is 0 Å². The number of hydrogen-bond acceptors (Lipinski definition) is 5. The number of aryl methyl sites for hydroxylation is 1. The van der Waals surface area contributed by atoms with Gasteiger partial charge in [-0.05, 0) is 73.6 Å². The van der Waals surface area contributed by atoms with Gasteiger partial charge < -0.3 is 16.4 Å². The Balaban J connectivity index is 1.47. The first kappa shape index (κ1) is 18.3.